The summed E-state index contributed by atoms with van der Waals surface area (Å²) in [5.41, 5.74) is 1.99. The summed E-state index contributed by atoms with van der Waals surface area (Å²) in [4.78, 5) is 13.4. The second-order valence-electron chi connectivity index (χ2n) is 6.82. The van der Waals surface area contributed by atoms with Crippen LogP contribution in [0.2, 0.25) is 0 Å². The highest BCUT2D eigenvalue weighted by molar-refractivity contribution is 5.88. The Morgan fingerprint density at radius 2 is 1.88 bits per heavy atom. The number of benzene rings is 2. The Labute approximate surface area is 154 Å². The van der Waals surface area contributed by atoms with Crippen molar-refractivity contribution in [3.63, 3.8) is 0 Å². The van der Waals surface area contributed by atoms with Crippen molar-refractivity contribution >= 4 is 11.6 Å². The highest BCUT2D eigenvalue weighted by atomic mass is 16.5. The van der Waals surface area contributed by atoms with Crippen LogP contribution in [-0.2, 0) is 11.3 Å². The molecular weight excluding hydrogens is 328 g/mol. The predicted octanol–water partition coefficient (Wildman–Crippen LogP) is 3.05. The van der Waals surface area contributed by atoms with E-state index < -0.39 is 6.10 Å². The van der Waals surface area contributed by atoms with E-state index >= 15 is 0 Å². The smallest absolute Gasteiger partial charge is 0.221 e. The number of hydrogen-bond donors (Lipinski definition) is 2. The molecule has 1 unspecified atom stereocenters. The van der Waals surface area contributed by atoms with Gasteiger partial charge in [-0.05, 0) is 42.7 Å². The average Bonchev–Trinajstić information content (AvgIpc) is 3.46. The standard InChI is InChI=1S/C21H26N2O3/c1-16(24)22-18-7-11-21(12-8-18)26-15-20(25)14-23(19-9-10-19)13-17-5-3-2-4-6-17/h2-8,11-12,19-20,25H,9-10,13-15H2,1H3,(H,22,24). The Kier molecular flexibility index (Phi) is 6.26. The summed E-state index contributed by atoms with van der Waals surface area (Å²) in [6.45, 7) is 3.18. The van der Waals surface area contributed by atoms with E-state index in [-0.39, 0.29) is 12.5 Å². The van der Waals surface area contributed by atoms with Gasteiger partial charge in [0.25, 0.3) is 0 Å². The molecule has 5 heteroatoms. The van der Waals surface area contributed by atoms with Crippen molar-refractivity contribution < 1.29 is 14.6 Å². The molecular formula is C21H26N2O3. The van der Waals surface area contributed by atoms with Gasteiger partial charge in [0.1, 0.15) is 18.5 Å². The van der Waals surface area contributed by atoms with E-state index in [0.29, 0.717) is 18.3 Å². The molecule has 0 radical (unpaired) electrons. The summed E-state index contributed by atoms with van der Waals surface area (Å²) in [5, 5.41) is 13.1. The van der Waals surface area contributed by atoms with Gasteiger partial charge in [0.2, 0.25) is 5.91 Å². The van der Waals surface area contributed by atoms with Gasteiger partial charge < -0.3 is 15.2 Å². The normalized spacial score (nSPS) is 14.9. The first-order valence-electron chi connectivity index (χ1n) is 9.06. The van der Waals surface area contributed by atoms with E-state index in [1.165, 1.54) is 25.3 Å². The Morgan fingerprint density at radius 3 is 2.50 bits per heavy atom. The molecule has 2 aromatic carbocycles. The van der Waals surface area contributed by atoms with Crippen LogP contribution in [0.1, 0.15) is 25.3 Å². The van der Waals surface area contributed by atoms with Crippen LogP contribution in [0.15, 0.2) is 54.6 Å². The molecule has 1 saturated carbocycles. The van der Waals surface area contributed by atoms with Gasteiger partial charge in [-0.2, -0.15) is 0 Å². The summed E-state index contributed by atoms with van der Waals surface area (Å²) in [6.07, 6.45) is 1.85. The van der Waals surface area contributed by atoms with Crippen molar-refractivity contribution in [2.45, 2.75) is 38.5 Å². The van der Waals surface area contributed by atoms with Gasteiger partial charge in [-0.15, -0.1) is 0 Å². The van der Waals surface area contributed by atoms with E-state index in [9.17, 15) is 9.90 Å². The highest BCUT2D eigenvalue weighted by Crippen LogP contribution is 2.28. The van der Waals surface area contributed by atoms with Crippen LogP contribution in [0.5, 0.6) is 5.75 Å². The molecule has 1 atom stereocenters. The van der Waals surface area contributed by atoms with E-state index in [0.717, 1.165) is 12.2 Å². The van der Waals surface area contributed by atoms with Crippen LogP contribution in [0.25, 0.3) is 0 Å². The summed E-state index contributed by atoms with van der Waals surface area (Å²) >= 11 is 0. The largest absolute Gasteiger partial charge is 0.491 e. The fraction of sp³-hybridized carbons (Fsp3) is 0.381. The number of hydrogen-bond acceptors (Lipinski definition) is 4. The zero-order valence-corrected chi connectivity index (χ0v) is 15.1. The average molecular weight is 354 g/mol. The summed E-state index contributed by atoms with van der Waals surface area (Å²) in [7, 11) is 0. The third-order valence-corrected chi connectivity index (χ3v) is 4.35. The van der Waals surface area contributed by atoms with Crippen molar-refractivity contribution in [2.24, 2.45) is 0 Å². The number of amides is 1. The van der Waals surface area contributed by atoms with Gasteiger partial charge in [0.05, 0.1) is 0 Å². The molecule has 138 valence electrons. The van der Waals surface area contributed by atoms with E-state index in [2.05, 4.69) is 22.3 Å². The topological polar surface area (TPSA) is 61.8 Å². The minimum atomic E-state index is -0.547. The summed E-state index contributed by atoms with van der Waals surface area (Å²) in [5.74, 6) is 0.576. The van der Waals surface area contributed by atoms with Gasteiger partial charge >= 0.3 is 0 Å². The molecule has 1 fully saturated rings. The van der Waals surface area contributed by atoms with E-state index in [1.807, 2.05) is 18.2 Å². The molecule has 1 aliphatic rings. The second-order valence-corrected chi connectivity index (χ2v) is 6.82. The van der Waals surface area contributed by atoms with Crippen LogP contribution in [0.3, 0.4) is 0 Å². The molecule has 2 N–H and O–H groups in total. The van der Waals surface area contributed by atoms with E-state index in [1.54, 1.807) is 24.3 Å². The maximum Gasteiger partial charge on any atom is 0.221 e. The predicted molar refractivity (Wildman–Crippen MR) is 102 cm³/mol. The molecule has 0 spiro atoms. The molecule has 0 aromatic heterocycles. The number of carbonyl (C=O) groups is 1. The lowest BCUT2D eigenvalue weighted by atomic mass is 10.2. The van der Waals surface area contributed by atoms with Crippen molar-refractivity contribution in [3.8, 4) is 5.75 Å². The van der Waals surface area contributed by atoms with Crippen LogP contribution in [0, 0.1) is 0 Å². The SMILES string of the molecule is CC(=O)Nc1ccc(OCC(O)CN(Cc2ccccc2)C2CC2)cc1. The van der Waals surface area contributed by atoms with Crippen LogP contribution in [-0.4, -0.2) is 41.2 Å². The quantitative estimate of drug-likeness (QED) is 0.727. The molecule has 5 nitrogen and oxygen atoms in total. The van der Waals surface area contributed by atoms with Crippen molar-refractivity contribution in [1.29, 1.82) is 0 Å². The first-order valence-corrected chi connectivity index (χ1v) is 9.06. The highest BCUT2D eigenvalue weighted by Gasteiger charge is 2.30. The van der Waals surface area contributed by atoms with Crippen LogP contribution < -0.4 is 10.1 Å². The number of aliphatic hydroxyl groups excluding tert-OH is 1. The maximum atomic E-state index is 11.0. The lowest BCUT2D eigenvalue weighted by Crippen LogP contribution is -2.36. The van der Waals surface area contributed by atoms with Crippen molar-refractivity contribution in [2.75, 3.05) is 18.5 Å². The van der Waals surface area contributed by atoms with Crippen LogP contribution in [0.4, 0.5) is 5.69 Å². The second kappa shape index (κ2) is 8.83. The zero-order chi connectivity index (χ0) is 18.4. The number of nitrogens with one attached hydrogen (secondary N) is 1. The molecule has 0 bridgehead atoms. The first-order chi connectivity index (χ1) is 12.6. The first kappa shape index (κ1) is 18.4. The molecule has 0 saturated heterocycles. The number of ether oxygens (including phenoxy) is 1. The molecule has 3 rings (SSSR count). The Morgan fingerprint density at radius 1 is 1.19 bits per heavy atom. The molecule has 1 amide bonds. The summed E-state index contributed by atoms with van der Waals surface area (Å²) < 4.78 is 5.69. The number of nitrogens with zero attached hydrogens (tertiary/aromatic N) is 1. The van der Waals surface area contributed by atoms with Gasteiger partial charge in [-0.1, -0.05) is 30.3 Å². The number of rotatable bonds is 9. The number of anilines is 1. The fourth-order valence-electron chi connectivity index (χ4n) is 2.95. The van der Waals surface area contributed by atoms with Gasteiger partial charge in [0.15, 0.2) is 0 Å². The Hall–Kier alpha value is -2.37. The lowest BCUT2D eigenvalue weighted by molar-refractivity contribution is -0.114. The lowest BCUT2D eigenvalue weighted by Gasteiger charge is -2.25. The third kappa shape index (κ3) is 5.86. The van der Waals surface area contributed by atoms with Gasteiger partial charge in [-0.3, -0.25) is 9.69 Å². The van der Waals surface area contributed by atoms with E-state index in [4.69, 9.17) is 4.74 Å². The molecule has 1 aliphatic carbocycles. The minimum Gasteiger partial charge on any atom is -0.491 e. The third-order valence-electron chi connectivity index (χ3n) is 4.35. The summed E-state index contributed by atoms with van der Waals surface area (Å²) in [6, 6.07) is 18.1. The Bertz CT molecular complexity index is 699. The molecule has 0 aliphatic heterocycles. The molecule has 2 aromatic rings. The van der Waals surface area contributed by atoms with Crippen molar-refractivity contribution in [3.05, 3.63) is 60.2 Å². The van der Waals surface area contributed by atoms with Gasteiger partial charge in [0, 0.05) is 31.7 Å². The molecule has 26 heavy (non-hydrogen) atoms. The Balaban J connectivity index is 1.47. The van der Waals surface area contributed by atoms with Gasteiger partial charge in [-0.25, -0.2) is 0 Å². The number of aliphatic hydroxyl groups is 1. The van der Waals surface area contributed by atoms with Crippen LogP contribution >= 0.6 is 0 Å². The van der Waals surface area contributed by atoms with Crippen molar-refractivity contribution in [1.82, 2.24) is 4.90 Å². The fourth-order valence-corrected chi connectivity index (χ4v) is 2.95. The maximum absolute atomic E-state index is 11.0. The zero-order valence-electron chi connectivity index (χ0n) is 15.1. The monoisotopic (exact) mass is 354 g/mol. The molecule has 0 heterocycles. The minimum absolute atomic E-state index is 0.104. The number of carbonyl (C=O) groups excluding carboxylic acids is 1.